The van der Waals surface area contributed by atoms with Crippen molar-refractivity contribution >= 4 is 19.8 Å². The van der Waals surface area contributed by atoms with Crippen molar-refractivity contribution in [1.82, 2.24) is 0 Å². The highest BCUT2D eigenvalue weighted by Gasteiger charge is 2.20. The van der Waals surface area contributed by atoms with Crippen LogP contribution in [0.2, 0.25) is 0 Å². The normalized spacial score (nSPS) is 11.1. The highest BCUT2D eigenvalue weighted by atomic mass is 31.2. The second-order valence-corrected chi connectivity index (χ2v) is 7.54. The Morgan fingerprint density at radius 2 is 1.07 bits per heavy atom. The molecule has 0 heterocycles. The van der Waals surface area contributed by atoms with Crippen LogP contribution in [0.15, 0.2) is 24.3 Å². The zero-order valence-electron chi connectivity index (χ0n) is 16.2. The van der Waals surface area contributed by atoms with Crippen LogP contribution < -0.4 is 0 Å². The fourth-order valence-corrected chi connectivity index (χ4v) is 2.53. The van der Waals surface area contributed by atoms with Crippen molar-refractivity contribution in [2.24, 2.45) is 0 Å². The van der Waals surface area contributed by atoms with E-state index in [2.05, 4.69) is 13.2 Å². The van der Waals surface area contributed by atoms with Gasteiger partial charge in [0.05, 0.1) is 26.4 Å². The van der Waals surface area contributed by atoms with Gasteiger partial charge >= 0.3 is 19.8 Å². The maximum Gasteiger partial charge on any atom is 0.472 e. The quantitative estimate of drug-likeness (QED) is 0.179. The van der Waals surface area contributed by atoms with Crippen LogP contribution in [-0.4, -0.2) is 43.3 Å². The molecule has 0 aromatic heterocycles. The average Bonchev–Trinajstić information content (AvgIpc) is 2.59. The zero-order chi connectivity index (χ0) is 20.7. The van der Waals surface area contributed by atoms with E-state index in [4.69, 9.17) is 18.5 Å². The molecule has 0 aliphatic rings. The summed E-state index contributed by atoms with van der Waals surface area (Å²) in [7, 11) is -4.06. The van der Waals surface area contributed by atoms with Gasteiger partial charge in [0, 0.05) is 11.1 Å². The van der Waals surface area contributed by atoms with E-state index in [0.717, 1.165) is 0 Å². The lowest BCUT2D eigenvalue weighted by Gasteiger charge is -2.12. The van der Waals surface area contributed by atoms with Gasteiger partial charge < -0.3 is 14.4 Å². The van der Waals surface area contributed by atoms with Crippen molar-refractivity contribution in [2.45, 2.75) is 52.4 Å². The monoisotopic (exact) mass is 406 g/mol. The van der Waals surface area contributed by atoms with Gasteiger partial charge in [-0.3, -0.25) is 9.05 Å². The summed E-state index contributed by atoms with van der Waals surface area (Å²) < 4.78 is 31.3. The predicted molar refractivity (Wildman–Crippen MR) is 101 cm³/mol. The lowest BCUT2D eigenvalue weighted by Crippen LogP contribution is -2.06. The van der Waals surface area contributed by atoms with Gasteiger partial charge in [-0.25, -0.2) is 14.2 Å². The van der Waals surface area contributed by atoms with Gasteiger partial charge in [0.15, 0.2) is 0 Å². The Morgan fingerprint density at radius 1 is 0.741 bits per heavy atom. The summed E-state index contributed by atoms with van der Waals surface area (Å²) in [5, 5.41) is 0. The topological polar surface area (TPSA) is 108 Å². The first-order chi connectivity index (χ1) is 12.7. The van der Waals surface area contributed by atoms with Gasteiger partial charge in [-0.15, -0.1) is 0 Å². The molecule has 0 atom stereocenters. The third-order valence-electron chi connectivity index (χ3n) is 3.25. The minimum atomic E-state index is -4.06. The third kappa shape index (κ3) is 15.3. The van der Waals surface area contributed by atoms with E-state index in [1.54, 1.807) is 13.8 Å². The Balaban J connectivity index is 3.57. The van der Waals surface area contributed by atoms with Crippen molar-refractivity contribution < 1.29 is 37.6 Å². The second-order valence-electron chi connectivity index (χ2n) is 6.09. The molecule has 0 amide bonds. The molecule has 156 valence electrons. The maximum atomic E-state index is 11.7. The van der Waals surface area contributed by atoms with Gasteiger partial charge in [-0.1, -0.05) is 13.2 Å². The molecule has 0 aromatic rings. The molecular weight excluding hydrogens is 375 g/mol. The Bertz CT molecular complexity index is 499. The number of hydrogen-bond donors (Lipinski definition) is 1. The first-order valence-corrected chi connectivity index (χ1v) is 10.4. The van der Waals surface area contributed by atoms with Crippen LogP contribution in [0.25, 0.3) is 0 Å². The molecule has 0 fully saturated rings. The summed E-state index contributed by atoms with van der Waals surface area (Å²) in [5.74, 6) is -0.845. The second kappa shape index (κ2) is 14.6. The van der Waals surface area contributed by atoms with E-state index in [1.165, 1.54) is 0 Å². The summed E-state index contributed by atoms with van der Waals surface area (Å²) in [5.41, 5.74) is 0.703. The molecule has 0 bridgehead atoms. The van der Waals surface area contributed by atoms with E-state index in [1.807, 2.05) is 0 Å². The standard InChI is InChI=1S/C18H31O8P/c1-15(2)17(19)23-11-7-5-9-13-25-27(21,22)26-14-10-6-8-12-24-18(20)16(3)4/h1,3,5-14H2,2,4H3,(H,21,22). The number of hydrogen-bond acceptors (Lipinski definition) is 7. The van der Waals surface area contributed by atoms with E-state index in [0.29, 0.717) is 49.7 Å². The zero-order valence-corrected chi connectivity index (χ0v) is 17.1. The molecule has 0 aromatic carbocycles. The van der Waals surface area contributed by atoms with Crippen molar-refractivity contribution in [2.75, 3.05) is 26.4 Å². The van der Waals surface area contributed by atoms with Crippen LogP contribution >= 0.6 is 7.82 Å². The number of carbonyl (C=O) groups excluding carboxylic acids is 2. The molecule has 1 N–H and O–H groups in total. The largest absolute Gasteiger partial charge is 0.472 e. The summed E-state index contributed by atoms with van der Waals surface area (Å²) >= 11 is 0. The van der Waals surface area contributed by atoms with Gasteiger partial charge in [0.2, 0.25) is 0 Å². The molecule has 0 radical (unpaired) electrons. The minimum Gasteiger partial charge on any atom is -0.462 e. The molecule has 0 aliphatic carbocycles. The van der Waals surface area contributed by atoms with Crippen LogP contribution in [0.3, 0.4) is 0 Å². The van der Waals surface area contributed by atoms with E-state index in [-0.39, 0.29) is 26.4 Å². The number of ether oxygens (including phenoxy) is 2. The Labute approximate surface area is 161 Å². The summed E-state index contributed by atoms with van der Waals surface area (Å²) in [6, 6.07) is 0. The summed E-state index contributed by atoms with van der Waals surface area (Å²) in [4.78, 5) is 31.8. The van der Waals surface area contributed by atoms with Gasteiger partial charge in [-0.2, -0.15) is 0 Å². The van der Waals surface area contributed by atoms with Crippen LogP contribution in [0, 0.1) is 0 Å². The number of carbonyl (C=O) groups is 2. The predicted octanol–water partition coefficient (Wildman–Crippen LogP) is 3.70. The average molecular weight is 406 g/mol. The van der Waals surface area contributed by atoms with Crippen molar-refractivity contribution in [3.05, 3.63) is 24.3 Å². The van der Waals surface area contributed by atoms with Crippen LogP contribution in [0.5, 0.6) is 0 Å². The SMILES string of the molecule is C=C(C)C(=O)OCCCCCOP(=O)(O)OCCCCCOC(=O)C(=C)C. The van der Waals surface area contributed by atoms with E-state index >= 15 is 0 Å². The number of phosphoric acid groups is 1. The number of esters is 2. The lowest BCUT2D eigenvalue weighted by molar-refractivity contribution is -0.139. The Hall–Kier alpha value is -1.47. The minimum absolute atomic E-state index is 0.0824. The maximum absolute atomic E-state index is 11.7. The first kappa shape index (κ1) is 25.5. The van der Waals surface area contributed by atoms with Gasteiger partial charge in [0.25, 0.3) is 0 Å². The van der Waals surface area contributed by atoms with Crippen molar-refractivity contribution in [1.29, 1.82) is 0 Å². The molecule has 0 saturated heterocycles. The summed E-state index contributed by atoms with van der Waals surface area (Å²) in [6.45, 7) is 10.8. The van der Waals surface area contributed by atoms with E-state index < -0.39 is 19.8 Å². The molecule has 9 heteroatoms. The van der Waals surface area contributed by atoms with Crippen LogP contribution in [-0.2, 0) is 32.7 Å². The number of unbranched alkanes of at least 4 members (excludes halogenated alkanes) is 4. The number of phosphoric ester groups is 1. The molecule has 0 rings (SSSR count). The van der Waals surface area contributed by atoms with Crippen LogP contribution in [0.4, 0.5) is 0 Å². The highest BCUT2D eigenvalue weighted by molar-refractivity contribution is 7.47. The van der Waals surface area contributed by atoms with E-state index in [9.17, 15) is 19.0 Å². The van der Waals surface area contributed by atoms with Gasteiger partial charge in [0.1, 0.15) is 0 Å². The third-order valence-corrected chi connectivity index (χ3v) is 4.27. The molecule has 27 heavy (non-hydrogen) atoms. The summed E-state index contributed by atoms with van der Waals surface area (Å²) in [6.07, 6.45) is 3.74. The van der Waals surface area contributed by atoms with Crippen molar-refractivity contribution in [3.8, 4) is 0 Å². The first-order valence-electron chi connectivity index (χ1n) is 8.93. The van der Waals surface area contributed by atoms with Crippen molar-refractivity contribution in [3.63, 3.8) is 0 Å². The van der Waals surface area contributed by atoms with Gasteiger partial charge in [-0.05, 0) is 52.4 Å². The number of rotatable bonds is 16. The smallest absolute Gasteiger partial charge is 0.462 e. The Morgan fingerprint density at radius 3 is 1.41 bits per heavy atom. The molecule has 0 unspecified atom stereocenters. The molecule has 0 saturated carbocycles. The fraction of sp³-hybridized carbons (Fsp3) is 0.667. The van der Waals surface area contributed by atoms with Crippen LogP contribution in [0.1, 0.15) is 52.4 Å². The Kier molecular flexibility index (Phi) is 13.8. The highest BCUT2D eigenvalue weighted by Crippen LogP contribution is 2.43. The lowest BCUT2D eigenvalue weighted by atomic mass is 10.2. The fourth-order valence-electron chi connectivity index (χ4n) is 1.74. The molecule has 8 nitrogen and oxygen atoms in total. The molecular formula is C18H31O8P. The molecule has 0 aliphatic heterocycles. The molecule has 0 spiro atoms.